The molecular formula is C20H31N3O2. The van der Waals surface area contributed by atoms with Crippen molar-refractivity contribution >= 4 is 11.6 Å². The molecule has 1 aromatic rings. The molecule has 138 valence electrons. The lowest BCUT2D eigenvalue weighted by molar-refractivity contribution is -0.0387. The van der Waals surface area contributed by atoms with Gasteiger partial charge in [-0.05, 0) is 52.0 Å². The second kappa shape index (κ2) is 7.75. The van der Waals surface area contributed by atoms with E-state index in [1.807, 2.05) is 30.9 Å². The average molecular weight is 345 g/mol. The van der Waals surface area contributed by atoms with Crippen molar-refractivity contribution in [3.05, 3.63) is 29.8 Å². The fraction of sp³-hybridized carbons (Fsp3) is 0.650. The van der Waals surface area contributed by atoms with Crippen LogP contribution in [0.5, 0.6) is 0 Å². The summed E-state index contributed by atoms with van der Waals surface area (Å²) in [6, 6.07) is 8.87. The summed E-state index contributed by atoms with van der Waals surface area (Å²) < 4.78 is 5.63. The van der Waals surface area contributed by atoms with E-state index in [0.717, 1.165) is 31.7 Å². The van der Waals surface area contributed by atoms with Crippen LogP contribution in [0, 0.1) is 0 Å². The van der Waals surface area contributed by atoms with Gasteiger partial charge in [0.25, 0.3) is 5.91 Å². The topological polar surface area (TPSA) is 36.0 Å². The molecule has 5 heteroatoms. The number of ether oxygens (including phenoxy) is 1. The molecule has 2 saturated heterocycles. The summed E-state index contributed by atoms with van der Waals surface area (Å²) >= 11 is 0. The number of nitrogens with zero attached hydrogens (tertiary/aromatic N) is 3. The van der Waals surface area contributed by atoms with Crippen molar-refractivity contribution in [2.45, 2.75) is 45.9 Å². The van der Waals surface area contributed by atoms with Gasteiger partial charge < -0.3 is 14.5 Å². The number of carbonyl (C=O) groups excluding carboxylic acids is 1. The van der Waals surface area contributed by atoms with E-state index in [9.17, 15) is 4.79 Å². The minimum absolute atomic E-state index is 0.108. The summed E-state index contributed by atoms with van der Waals surface area (Å²) in [5.41, 5.74) is 1.98. The van der Waals surface area contributed by atoms with Crippen LogP contribution in [-0.2, 0) is 4.74 Å². The lowest BCUT2D eigenvalue weighted by Gasteiger charge is -2.38. The van der Waals surface area contributed by atoms with E-state index in [1.165, 1.54) is 5.69 Å². The van der Waals surface area contributed by atoms with Gasteiger partial charge in [0, 0.05) is 50.0 Å². The van der Waals surface area contributed by atoms with Crippen LogP contribution < -0.4 is 4.90 Å². The fourth-order valence-electron chi connectivity index (χ4n) is 3.66. The zero-order valence-electron chi connectivity index (χ0n) is 15.9. The highest BCUT2D eigenvalue weighted by atomic mass is 16.5. The number of hydrogen-bond donors (Lipinski definition) is 0. The van der Waals surface area contributed by atoms with E-state index in [2.05, 4.69) is 35.8 Å². The molecule has 0 radical (unpaired) electrons. The van der Waals surface area contributed by atoms with Gasteiger partial charge >= 0.3 is 0 Å². The molecule has 2 heterocycles. The van der Waals surface area contributed by atoms with Gasteiger partial charge in [-0.2, -0.15) is 0 Å². The van der Waals surface area contributed by atoms with Gasteiger partial charge in [0.2, 0.25) is 0 Å². The molecule has 2 fully saturated rings. The van der Waals surface area contributed by atoms with Gasteiger partial charge in [0.05, 0.1) is 18.8 Å². The third-order valence-corrected chi connectivity index (χ3v) is 5.39. The monoisotopic (exact) mass is 345 g/mol. The lowest BCUT2D eigenvalue weighted by Crippen LogP contribution is -2.50. The predicted molar refractivity (Wildman–Crippen MR) is 101 cm³/mol. The normalized spacial score (nSPS) is 25.5. The molecule has 0 spiro atoms. The summed E-state index contributed by atoms with van der Waals surface area (Å²) in [5.74, 6) is 0.110. The second-order valence-corrected chi connectivity index (χ2v) is 7.61. The molecule has 0 unspecified atom stereocenters. The fourth-order valence-corrected chi connectivity index (χ4v) is 3.66. The minimum Gasteiger partial charge on any atom is -0.375 e. The van der Waals surface area contributed by atoms with E-state index in [4.69, 9.17) is 4.74 Å². The van der Waals surface area contributed by atoms with Gasteiger partial charge in [-0.3, -0.25) is 9.69 Å². The first-order chi connectivity index (χ1) is 12.0. The van der Waals surface area contributed by atoms with Gasteiger partial charge in [0.15, 0.2) is 0 Å². The molecule has 25 heavy (non-hydrogen) atoms. The van der Waals surface area contributed by atoms with E-state index in [0.29, 0.717) is 19.2 Å². The molecule has 2 aliphatic rings. The molecule has 2 atom stereocenters. The van der Waals surface area contributed by atoms with Crippen LogP contribution in [0.25, 0.3) is 0 Å². The Morgan fingerprint density at radius 3 is 2.32 bits per heavy atom. The van der Waals surface area contributed by atoms with E-state index in [1.54, 1.807) is 0 Å². The van der Waals surface area contributed by atoms with Gasteiger partial charge in [-0.15, -0.1) is 0 Å². The van der Waals surface area contributed by atoms with Gasteiger partial charge in [0.1, 0.15) is 0 Å². The van der Waals surface area contributed by atoms with Crippen LogP contribution in [0.1, 0.15) is 38.1 Å². The first-order valence-electron chi connectivity index (χ1n) is 9.47. The van der Waals surface area contributed by atoms with Crippen LogP contribution in [-0.4, -0.2) is 73.2 Å². The van der Waals surface area contributed by atoms with Crippen LogP contribution in [0.4, 0.5) is 5.69 Å². The number of benzene rings is 1. The van der Waals surface area contributed by atoms with Gasteiger partial charge in [-0.25, -0.2) is 0 Å². The number of rotatable bonds is 3. The maximum atomic E-state index is 12.8. The number of hydrogen-bond acceptors (Lipinski definition) is 4. The highest BCUT2D eigenvalue weighted by molar-refractivity contribution is 5.94. The quantitative estimate of drug-likeness (QED) is 0.843. The first-order valence-corrected chi connectivity index (χ1v) is 9.47. The summed E-state index contributed by atoms with van der Waals surface area (Å²) in [6.45, 7) is 14.1. The number of carbonyl (C=O) groups is 1. The Hall–Kier alpha value is -1.59. The first kappa shape index (κ1) is 18.2. The second-order valence-electron chi connectivity index (χ2n) is 7.61. The zero-order valence-corrected chi connectivity index (χ0v) is 15.9. The van der Waals surface area contributed by atoms with Crippen molar-refractivity contribution in [3.8, 4) is 0 Å². The van der Waals surface area contributed by atoms with E-state index >= 15 is 0 Å². The molecule has 1 amide bonds. The predicted octanol–water partition coefficient (Wildman–Crippen LogP) is 2.47. The zero-order chi connectivity index (χ0) is 18.0. The summed E-state index contributed by atoms with van der Waals surface area (Å²) in [6.07, 6.45) is 0.108. The lowest BCUT2D eigenvalue weighted by atomic mass is 10.1. The Balaban J connectivity index is 1.63. The number of morpholine rings is 1. The maximum absolute atomic E-state index is 12.8. The van der Waals surface area contributed by atoms with Crippen molar-refractivity contribution in [2.24, 2.45) is 0 Å². The van der Waals surface area contributed by atoms with Crippen molar-refractivity contribution in [3.63, 3.8) is 0 Å². The summed E-state index contributed by atoms with van der Waals surface area (Å²) in [7, 11) is 0. The number of anilines is 1. The van der Waals surface area contributed by atoms with Crippen molar-refractivity contribution in [1.82, 2.24) is 9.80 Å². The molecule has 0 N–H and O–H groups in total. The third kappa shape index (κ3) is 4.15. The number of amides is 1. The van der Waals surface area contributed by atoms with Crippen molar-refractivity contribution < 1.29 is 9.53 Å². The molecule has 0 aromatic heterocycles. The highest BCUT2D eigenvalue weighted by Crippen LogP contribution is 2.20. The molecule has 2 aliphatic heterocycles. The van der Waals surface area contributed by atoms with Crippen molar-refractivity contribution in [1.29, 1.82) is 0 Å². The van der Waals surface area contributed by atoms with Crippen LogP contribution in [0.3, 0.4) is 0 Å². The Bertz CT molecular complexity index is 579. The Morgan fingerprint density at radius 1 is 1.08 bits per heavy atom. The minimum atomic E-state index is 0.108. The number of piperazine rings is 1. The average Bonchev–Trinajstić information content (AvgIpc) is 2.63. The molecule has 0 saturated carbocycles. The Kier molecular flexibility index (Phi) is 5.64. The summed E-state index contributed by atoms with van der Waals surface area (Å²) in [4.78, 5) is 19.7. The standard InChI is InChI=1S/C20H31N3O2/c1-15(2)21-9-11-22(12-10-21)19-7-5-18(6-8-19)20(24)23-13-17(4)25-14-16(23)3/h5-8,15-17H,9-14H2,1-4H3/t16-,17+/m0/s1. The smallest absolute Gasteiger partial charge is 0.254 e. The van der Waals surface area contributed by atoms with Crippen LogP contribution in [0.15, 0.2) is 24.3 Å². The van der Waals surface area contributed by atoms with E-state index in [-0.39, 0.29) is 18.1 Å². The molecule has 0 bridgehead atoms. The third-order valence-electron chi connectivity index (χ3n) is 5.39. The Morgan fingerprint density at radius 2 is 1.72 bits per heavy atom. The molecule has 0 aliphatic carbocycles. The van der Waals surface area contributed by atoms with Crippen LogP contribution >= 0.6 is 0 Å². The van der Waals surface area contributed by atoms with Crippen LogP contribution in [0.2, 0.25) is 0 Å². The van der Waals surface area contributed by atoms with Gasteiger partial charge in [-0.1, -0.05) is 0 Å². The molecular weight excluding hydrogens is 314 g/mol. The maximum Gasteiger partial charge on any atom is 0.254 e. The summed E-state index contributed by atoms with van der Waals surface area (Å²) in [5, 5.41) is 0. The largest absolute Gasteiger partial charge is 0.375 e. The van der Waals surface area contributed by atoms with E-state index < -0.39 is 0 Å². The molecule has 1 aromatic carbocycles. The SMILES string of the molecule is CC(C)N1CCN(c2ccc(C(=O)N3C[C@@H](C)OC[C@@H]3C)cc2)CC1. The molecule has 5 nitrogen and oxygen atoms in total. The Labute approximate surface area is 151 Å². The van der Waals surface area contributed by atoms with Crippen molar-refractivity contribution in [2.75, 3.05) is 44.2 Å². The highest BCUT2D eigenvalue weighted by Gasteiger charge is 2.28. The molecule has 3 rings (SSSR count).